The molecular weight excluding hydrogens is 350 g/mol. The number of carbonyl (C=O) groups is 1. The monoisotopic (exact) mass is 366 g/mol. The Hall–Kier alpha value is -2.48. The number of nitrogens with zero attached hydrogens (tertiary/aromatic N) is 1. The van der Waals surface area contributed by atoms with Crippen molar-refractivity contribution in [3.63, 3.8) is 0 Å². The summed E-state index contributed by atoms with van der Waals surface area (Å²) in [5.74, 6) is -3.05. The molecule has 132 valence electrons. The molecule has 1 aliphatic heterocycles. The Morgan fingerprint density at radius 1 is 1.12 bits per heavy atom. The third-order valence-corrected chi connectivity index (χ3v) is 5.74. The van der Waals surface area contributed by atoms with Crippen LogP contribution in [0, 0.1) is 11.6 Å². The van der Waals surface area contributed by atoms with Crippen LogP contribution in [0.5, 0.6) is 0 Å². The van der Waals surface area contributed by atoms with Crippen molar-refractivity contribution in [2.75, 3.05) is 21.9 Å². The summed E-state index contributed by atoms with van der Waals surface area (Å²) >= 11 is 0. The van der Waals surface area contributed by atoms with Crippen LogP contribution in [-0.4, -0.2) is 26.6 Å². The molecule has 0 atom stereocenters. The molecule has 0 aliphatic carbocycles. The van der Waals surface area contributed by atoms with E-state index >= 15 is 0 Å². The molecule has 1 aliphatic rings. The lowest BCUT2D eigenvalue weighted by Gasteiger charge is -2.19. The Kier molecular flexibility index (Phi) is 4.71. The van der Waals surface area contributed by atoms with E-state index in [4.69, 9.17) is 0 Å². The zero-order valence-corrected chi connectivity index (χ0v) is 14.0. The van der Waals surface area contributed by atoms with Gasteiger partial charge in [-0.2, -0.15) is 0 Å². The molecule has 0 radical (unpaired) electrons. The van der Waals surface area contributed by atoms with Crippen molar-refractivity contribution in [2.24, 2.45) is 0 Å². The number of para-hydroxylation sites is 1. The van der Waals surface area contributed by atoms with Crippen molar-refractivity contribution < 1.29 is 22.0 Å². The minimum Gasteiger partial charge on any atom is -0.326 e. The van der Waals surface area contributed by atoms with Gasteiger partial charge in [0, 0.05) is 24.7 Å². The SMILES string of the molecule is O=C(CCS(=O)(=O)N1CCc2ccccc21)Nc1ccc(F)c(F)c1. The van der Waals surface area contributed by atoms with Crippen LogP contribution in [0.3, 0.4) is 0 Å². The highest BCUT2D eigenvalue weighted by Gasteiger charge is 2.29. The second-order valence-electron chi connectivity index (χ2n) is 5.69. The molecule has 0 bridgehead atoms. The molecule has 0 saturated carbocycles. The number of rotatable bonds is 5. The van der Waals surface area contributed by atoms with E-state index in [1.807, 2.05) is 12.1 Å². The number of fused-ring (bicyclic) bond motifs is 1. The molecule has 0 saturated heterocycles. The van der Waals surface area contributed by atoms with Gasteiger partial charge in [0.1, 0.15) is 0 Å². The largest absolute Gasteiger partial charge is 0.326 e. The summed E-state index contributed by atoms with van der Waals surface area (Å²) < 4.78 is 52.3. The fraction of sp³-hybridized carbons (Fsp3) is 0.235. The number of anilines is 2. The first-order valence-electron chi connectivity index (χ1n) is 7.70. The lowest BCUT2D eigenvalue weighted by molar-refractivity contribution is -0.115. The molecular formula is C17H16F2N2O3S. The standard InChI is InChI=1S/C17H16F2N2O3S/c18-14-6-5-13(11-15(14)19)20-17(22)8-10-25(23,24)21-9-7-12-3-1-2-4-16(12)21/h1-6,11H,7-10H2,(H,20,22). The molecule has 1 heterocycles. The second kappa shape index (κ2) is 6.79. The summed E-state index contributed by atoms with van der Waals surface area (Å²) in [4.78, 5) is 11.9. The Labute approximate surface area is 144 Å². The van der Waals surface area contributed by atoms with Crippen LogP contribution in [0.4, 0.5) is 20.2 Å². The van der Waals surface area contributed by atoms with E-state index in [9.17, 15) is 22.0 Å². The normalized spacial score (nSPS) is 13.6. The Bertz CT molecular complexity index is 916. The van der Waals surface area contributed by atoms with Crippen molar-refractivity contribution in [1.29, 1.82) is 0 Å². The third kappa shape index (κ3) is 3.79. The van der Waals surface area contributed by atoms with Crippen LogP contribution in [-0.2, 0) is 21.2 Å². The molecule has 25 heavy (non-hydrogen) atoms. The highest BCUT2D eigenvalue weighted by atomic mass is 32.2. The summed E-state index contributed by atoms with van der Waals surface area (Å²) in [6.07, 6.45) is 0.358. The van der Waals surface area contributed by atoms with Gasteiger partial charge in [0.2, 0.25) is 15.9 Å². The smallest absolute Gasteiger partial charge is 0.235 e. The Morgan fingerprint density at radius 3 is 2.64 bits per heavy atom. The van der Waals surface area contributed by atoms with Crippen molar-refractivity contribution in [3.05, 3.63) is 59.7 Å². The van der Waals surface area contributed by atoms with Crippen LogP contribution < -0.4 is 9.62 Å². The quantitative estimate of drug-likeness (QED) is 0.885. The van der Waals surface area contributed by atoms with Crippen LogP contribution in [0.15, 0.2) is 42.5 Å². The molecule has 0 spiro atoms. The van der Waals surface area contributed by atoms with Gasteiger partial charge in [-0.1, -0.05) is 18.2 Å². The number of hydrogen-bond donors (Lipinski definition) is 1. The highest BCUT2D eigenvalue weighted by Crippen LogP contribution is 2.30. The number of nitrogens with one attached hydrogen (secondary N) is 1. The highest BCUT2D eigenvalue weighted by molar-refractivity contribution is 7.92. The maximum Gasteiger partial charge on any atom is 0.235 e. The second-order valence-corrected chi connectivity index (χ2v) is 7.71. The lowest BCUT2D eigenvalue weighted by atomic mass is 10.2. The van der Waals surface area contributed by atoms with Gasteiger partial charge in [-0.3, -0.25) is 9.10 Å². The minimum atomic E-state index is -3.64. The molecule has 5 nitrogen and oxygen atoms in total. The molecule has 1 N–H and O–H groups in total. The van der Waals surface area contributed by atoms with Gasteiger partial charge in [-0.05, 0) is 30.2 Å². The summed E-state index contributed by atoms with van der Waals surface area (Å²) in [6.45, 7) is 0.354. The lowest BCUT2D eigenvalue weighted by Crippen LogP contribution is -2.32. The fourth-order valence-electron chi connectivity index (χ4n) is 2.73. The third-order valence-electron chi connectivity index (χ3n) is 3.97. The van der Waals surface area contributed by atoms with Gasteiger partial charge in [-0.25, -0.2) is 17.2 Å². The number of benzene rings is 2. The number of amides is 1. The average molecular weight is 366 g/mol. The van der Waals surface area contributed by atoms with Crippen molar-refractivity contribution in [1.82, 2.24) is 0 Å². The summed E-state index contributed by atoms with van der Waals surface area (Å²) in [7, 11) is -3.64. The summed E-state index contributed by atoms with van der Waals surface area (Å²) in [5.41, 5.74) is 1.67. The Balaban J connectivity index is 1.62. The number of halogens is 2. The predicted octanol–water partition coefficient (Wildman–Crippen LogP) is 2.69. The van der Waals surface area contributed by atoms with E-state index in [-0.39, 0.29) is 17.9 Å². The molecule has 0 aromatic heterocycles. The summed E-state index contributed by atoms with van der Waals surface area (Å²) in [6, 6.07) is 10.2. The zero-order valence-electron chi connectivity index (χ0n) is 13.2. The fourth-order valence-corrected chi connectivity index (χ4v) is 4.24. The van der Waals surface area contributed by atoms with E-state index in [1.165, 1.54) is 10.4 Å². The first-order valence-corrected chi connectivity index (χ1v) is 9.31. The molecule has 0 unspecified atom stereocenters. The van der Waals surface area contributed by atoms with E-state index in [0.717, 1.165) is 17.7 Å². The van der Waals surface area contributed by atoms with Gasteiger partial charge >= 0.3 is 0 Å². The zero-order chi connectivity index (χ0) is 18.0. The number of hydrogen-bond acceptors (Lipinski definition) is 3. The van der Waals surface area contributed by atoms with E-state index in [0.29, 0.717) is 18.7 Å². The molecule has 1 amide bonds. The molecule has 8 heteroatoms. The van der Waals surface area contributed by atoms with E-state index in [2.05, 4.69) is 5.32 Å². The number of sulfonamides is 1. The maximum absolute atomic E-state index is 13.1. The van der Waals surface area contributed by atoms with Crippen molar-refractivity contribution >= 4 is 27.3 Å². The van der Waals surface area contributed by atoms with Crippen LogP contribution in [0.2, 0.25) is 0 Å². The van der Waals surface area contributed by atoms with Gasteiger partial charge in [0.25, 0.3) is 0 Å². The van der Waals surface area contributed by atoms with Gasteiger partial charge < -0.3 is 5.32 Å². The summed E-state index contributed by atoms with van der Waals surface area (Å²) in [5, 5.41) is 2.36. The maximum atomic E-state index is 13.1. The van der Waals surface area contributed by atoms with Crippen LogP contribution in [0.25, 0.3) is 0 Å². The Morgan fingerprint density at radius 2 is 1.88 bits per heavy atom. The topological polar surface area (TPSA) is 66.5 Å². The van der Waals surface area contributed by atoms with Crippen LogP contribution in [0.1, 0.15) is 12.0 Å². The predicted molar refractivity (Wildman–Crippen MR) is 90.9 cm³/mol. The molecule has 0 fully saturated rings. The molecule has 2 aromatic carbocycles. The van der Waals surface area contributed by atoms with Crippen molar-refractivity contribution in [2.45, 2.75) is 12.8 Å². The molecule has 2 aromatic rings. The molecule has 3 rings (SSSR count). The van der Waals surface area contributed by atoms with Crippen LogP contribution >= 0.6 is 0 Å². The number of carbonyl (C=O) groups excluding carboxylic acids is 1. The van der Waals surface area contributed by atoms with E-state index in [1.54, 1.807) is 12.1 Å². The van der Waals surface area contributed by atoms with Gasteiger partial charge in [0.05, 0.1) is 11.4 Å². The van der Waals surface area contributed by atoms with Gasteiger partial charge in [-0.15, -0.1) is 0 Å². The first-order chi connectivity index (χ1) is 11.9. The van der Waals surface area contributed by atoms with Crippen molar-refractivity contribution in [3.8, 4) is 0 Å². The minimum absolute atomic E-state index is 0.0767. The first kappa shape index (κ1) is 17.3. The average Bonchev–Trinajstić information content (AvgIpc) is 3.01. The van der Waals surface area contributed by atoms with Gasteiger partial charge in [0.15, 0.2) is 11.6 Å². The van der Waals surface area contributed by atoms with E-state index < -0.39 is 27.6 Å².